The minimum atomic E-state index is -0.581. The molecule has 0 saturated heterocycles. The van der Waals surface area contributed by atoms with Gasteiger partial charge in [-0.25, -0.2) is 0 Å². The maximum absolute atomic E-state index is 12.9. The van der Waals surface area contributed by atoms with E-state index < -0.39 is 6.04 Å². The number of benzene rings is 2. The molecule has 1 aromatic heterocycles. The molecule has 2 amide bonds. The molecule has 0 bridgehead atoms. The summed E-state index contributed by atoms with van der Waals surface area (Å²) in [6, 6.07) is 17.0. The molecule has 5 nitrogen and oxygen atoms in total. The Bertz CT molecular complexity index is 942. The number of amides is 2. The summed E-state index contributed by atoms with van der Waals surface area (Å²) in [7, 11) is 1.72. The largest absolute Gasteiger partial charge is 0.467 e. The molecular weight excluding hydrogens is 352 g/mol. The van der Waals surface area contributed by atoms with Crippen LogP contribution in [0, 0.1) is 5.92 Å². The Kier molecular flexibility index (Phi) is 6.14. The molecule has 0 aliphatic rings. The van der Waals surface area contributed by atoms with Crippen LogP contribution in [0.4, 0.5) is 0 Å². The summed E-state index contributed by atoms with van der Waals surface area (Å²) in [6.07, 6.45) is 1.82. The fourth-order valence-electron chi connectivity index (χ4n) is 3.31. The number of rotatable bonds is 7. The van der Waals surface area contributed by atoms with Gasteiger partial charge in [0.25, 0.3) is 0 Å². The van der Waals surface area contributed by atoms with Crippen molar-refractivity contribution in [2.24, 2.45) is 5.92 Å². The summed E-state index contributed by atoms with van der Waals surface area (Å²) in [5.74, 6) is 0.399. The van der Waals surface area contributed by atoms with E-state index in [0.717, 1.165) is 16.3 Å². The van der Waals surface area contributed by atoms with E-state index in [1.54, 1.807) is 24.3 Å². The molecule has 2 aromatic carbocycles. The van der Waals surface area contributed by atoms with Gasteiger partial charge in [-0.2, -0.15) is 0 Å². The molecule has 0 aliphatic carbocycles. The highest BCUT2D eigenvalue weighted by molar-refractivity contribution is 5.92. The maximum atomic E-state index is 12.9. The molecule has 3 aromatic rings. The average Bonchev–Trinajstić information content (AvgIpc) is 3.18. The molecule has 1 atom stereocenters. The van der Waals surface area contributed by atoms with Gasteiger partial charge >= 0.3 is 0 Å². The zero-order valence-corrected chi connectivity index (χ0v) is 16.5. The van der Waals surface area contributed by atoms with Crippen LogP contribution < -0.4 is 5.32 Å². The van der Waals surface area contributed by atoms with Crippen LogP contribution in [0.3, 0.4) is 0 Å². The highest BCUT2D eigenvalue weighted by Crippen LogP contribution is 2.19. The second-order valence-electron chi connectivity index (χ2n) is 7.38. The van der Waals surface area contributed by atoms with Crippen molar-refractivity contribution >= 4 is 22.6 Å². The lowest BCUT2D eigenvalue weighted by Gasteiger charge is -2.26. The smallest absolute Gasteiger partial charge is 0.245 e. The number of furan rings is 1. The lowest BCUT2D eigenvalue weighted by Crippen LogP contribution is -2.50. The zero-order valence-electron chi connectivity index (χ0n) is 16.5. The number of hydrogen-bond acceptors (Lipinski definition) is 3. The van der Waals surface area contributed by atoms with E-state index in [0.29, 0.717) is 12.3 Å². The molecule has 146 valence electrons. The van der Waals surface area contributed by atoms with Crippen molar-refractivity contribution in [3.05, 3.63) is 72.2 Å². The highest BCUT2D eigenvalue weighted by atomic mass is 16.3. The van der Waals surface area contributed by atoms with E-state index in [1.165, 1.54) is 0 Å². The normalized spacial score (nSPS) is 12.1. The number of hydrogen-bond donors (Lipinski definition) is 1. The molecule has 1 heterocycles. The van der Waals surface area contributed by atoms with Crippen molar-refractivity contribution in [2.75, 3.05) is 7.05 Å². The fraction of sp³-hybridized carbons (Fsp3) is 0.304. The number of carbonyl (C=O) groups excluding carboxylic acids is 2. The van der Waals surface area contributed by atoms with Gasteiger partial charge in [0, 0.05) is 7.05 Å². The summed E-state index contributed by atoms with van der Waals surface area (Å²) in [6.45, 7) is 4.23. The van der Waals surface area contributed by atoms with Crippen LogP contribution >= 0.6 is 0 Å². The van der Waals surface area contributed by atoms with E-state index in [9.17, 15) is 9.59 Å². The number of nitrogens with zero attached hydrogens (tertiary/aromatic N) is 1. The van der Waals surface area contributed by atoms with Crippen LogP contribution in [0.15, 0.2) is 65.3 Å². The molecule has 1 N–H and O–H groups in total. The van der Waals surface area contributed by atoms with Gasteiger partial charge in [0.2, 0.25) is 11.8 Å². The molecule has 0 unspecified atom stereocenters. The van der Waals surface area contributed by atoms with Crippen LogP contribution in [0.25, 0.3) is 10.8 Å². The van der Waals surface area contributed by atoms with Crippen LogP contribution in [0.2, 0.25) is 0 Å². The minimum Gasteiger partial charge on any atom is -0.467 e. The van der Waals surface area contributed by atoms with Crippen molar-refractivity contribution < 1.29 is 14.0 Å². The first-order valence-corrected chi connectivity index (χ1v) is 9.49. The second-order valence-corrected chi connectivity index (χ2v) is 7.38. The van der Waals surface area contributed by atoms with Gasteiger partial charge in [0.05, 0.1) is 19.2 Å². The first-order valence-electron chi connectivity index (χ1n) is 9.49. The Hall–Kier alpha value is -3.08. The Balaban J connectivity index is 1.69. The van der Waals surface area contributed by atoms with E-state index in [1.807, 2.05) is 62.4 Å². The van der Waals surface area contributed by atoms with Gasteiger partial charge in [-0.05, 0) is 34.4 Å². The van der Waals surface area contributed by atoms with Crippen LogP contribution in [-0.2, 0) is 22.6 Å². The van der Waals surface area contributed by atoms with Gasteiger partial charge in [0.15, 0.2) is 0 Å². The molecule has 0 fully saturated rings. The summed E-state index contributed by atoms with van der Waals surface area (Å²) in [5.41, 5.74) is 0.953. The lowest BCUT2D eigenvalue weighted by molar-refractivity contribution is -0.137. The average molecular weight is 378 g/mol. The van der Waals surface area contributed by atoms with Gasteiger partial charge in [0.1, 0.15) is 11.8 Å². The van der Waals surface area contributed by atoms with Gasteiger partial charge < -0.3 is 14.6 Å². The van der Waals surface area contributed by atoms with E-state index in [2.05, 4.69) is 5.32 Å². The van der Waals surface area contributed by atoms with Crippen molar-refractivity contribution in [3.8, 4) is 0 Å². The van der Waals surface area contributed by atoms with Crippen molar-refractivity contribution in [2.45, 2.75) is 32.9 Å². The molecular formula is C23H26N2O3. The third-order valence-corrected chi connectivity index (χ3v) is 4.83. The topological polar surface area (TPSA) is 62.6 Å². The standard InChI is InChI=1S/C23H26N2O3/c1-16(2)22(23(27)25(3)15-19-11-7-13-28-19)24-21(26)14-18-10-6-9-17-8-4-5-12-20(17)18/h4-13,16,22H,14-15H2,1-3H3,(H,24,26)/t22-/m0/s1. The van der Waals surface area contributed by atoms with E-state index >= 15 is 0 Å². The molecule has 0 spiro atoms. The first-order chi connectivity index (χ1) is 13.5. The summed E-state index contributed by atoms with van der Waals surface area (Å²) < 4.78 is 5.31. The number of nitrogens with one attached hydrogen (secondary N) is 1. The number of likely N-dealkylation sites (N-methyl/N-ethyl adjacent to an activating group) is 1. The first kappa shape index (κ1) is 19.7. The third-order valence-electron chi connectivity index (χ3n) is 4.83. The third kappa shape index (κ3) is 4.60. The molecule has 5 heteroatoms. The van der Waals surface area contributed by atoms with Crippen LogP contribution in [0.1, 0.15) is 25.2 Å². The highest BCUT2D eigenvalue weighted by Gasteiger charge is 2.27. The van der Waals surface area contributed by atoms with Crippen LogP contribution in [-0.4, -0.2) is 29.8 Å². The predicted octanol–water partition coefficient (Wildman–Crippen LogP) is 3.77. The van der Waals surface area contributed by atoms with Gasteiger partial charge in [-0.1, -0.05) is 56.3 Å². The Morgan fingerprint density at radius 1 is 1.04 bits per heavy atom. The van der Waals surface area contributed by atoms with E-state index in [-0.39, 0.29) is 24.2 Å². The summed E-state index contributed by atoms with van der Waals surface area (Å²) in [4.78, 5) is 27.2. The number of fused-ring (bicyclic) bond motifs is 1. The predicted molar refractivity (Wildman–Crippen MR) is 110 cm³/mol. The summed E-state index contributed by atoms with van der Waals surface area (Å²) in [5, 5.41) is 5.09. The minimum absolute atomic E-state index is 0.0250. The monoisotopic (exact) mass is 378 g/mol. The maximum Gasteiger partial charge on any atom is 0.245 e. The number of carbonyl (C=O) groups is 2. The molecule has 0 saturated carbocycles. The lowest BCUT2D eigenvalue weighted by atomic mass is 10.00. The summed E-state index contributed by atoms with van der Waals surface area (Å²) >= 11 is 0. The Morgan fingerprint density at radius 3 is 2.50 bits per heavy atom. The SMILES string of the molecule is CC(C)[C@H](NC(=O)Cc1cccc2ccccc12)C(=O)N(C)Cc1ccco1. The molecule has 0 radical (unpaired) electrons. The molecule has 0 aliphatic heterocycles. The van der Waals surface area contributed by atoms with Crippen molar-refractivity contribution in [3.63, 3.8) is 0 Å². The molecule has 3 rings (SSSR count). The van der Waals surface area contributed by atoms with Gasteiger partial charge in [-0.3, -0.25) is 9.59 Å². The second kappa shape index (κ2) is 8.74. The van der Waals surface area contributed by atoms with E-state index in [4.69, 9.17) is 4.42 Å². The Labute approximate surface area is 165 Å². The Morgan fingerprint density at radius 2 is 1.79 bits per heavy atom. The fourth-order valence-corrected chi connectivity index (χ4v) is 3.31. The van der Waals surface area contributed by atoms with Crippen molar-refractivity contribution in [1.82, 2.24) is 10.2 Å². The molecule has 28 heavy (non-hydrogen) atoms. The van der Waals surface area contributed by atoms with Crippen molar-refractivity contribution in [1.29, 1.82) is 0 Å². The zero-order chi connectivity index (χ0) is 20.1. The van der Waals surface area contributed by atoms with Crippen LogP contribution in [0.5, 0.6) is 0 Å². The quantitative estimate of drug-likeness (QED) is 0.681. The van der Waals surface area contributed by atoms with Gasteiger partial charge in [-0.15, -0.1) is 0 Å².